The maximum atomic E-state index is 3.37. The van der Waals surface area contributed by atoms with E-state index in [9.17, 15) is 0 Å². The van der Waals surface area contributed by atoms with Gasteiger partial charge in [0.15, 0.2) is 0 Å². The third-order valence-electron chi connectivity index (χ3n) is 0.734. The van der Waals surface area contributed by atoms with E-state index < -0.39 is 0 Å². The van der Waals surface area contributed by atoms with Crippen molar-refractivity contribution in [2.24, 2.45) is 0 Å². The van der Waals surface area contributed by atoms with Crippen LogP contribution in [0.2, 0.25) is 0 Å². The fourth-order valence-electron chi connectivity index (χ4n) is 0.369. The minimum atomic E-state index is 0.670. The summed E-state index contributed by atoms with van der Waals surface area (Å²) in [6.45, 7) is 0. The Morgan fingerprint density at radius 1 is 1.71 bits per heavy atom. The van der Waals surface area contributed by atoms with Gasteiger partial charge in [-0.25, -0.2) is 0 Å². The van der Waals surface area contributed by atoms with Gasteiger partial charge < -0.3 is 0 Å². The Morgan fingerprint density at radius 3 is 2.86 bits per heavy atom. The molecule has 0 bridgehead atoms. The topological polar surface area (TPSA) is 0 Å². The normalized spacial score (nSPS) is 9.29. The third kappa shape index (κ3) is 1.45. The van der Waals surface area contributed by atoms with E-state index in [1.165, 1.54) is 5.56 Å². The standard InChI is InChI=1S/C5H5BrSe/c6-3-5-1-2-7-4-5/h1-2,4H,3H2. The minimum absolute atomic E-state index is 0.670. The Morgan fingerprint density at radius 2 is 2.57 bits per heavy atom. The van der Waals surface area contributed by atoms with Crippen molar-refractivity contribution in [3.05, 3.63) is 21.5 Å². The Labute approximate surface area is 57.4 Å². The first-order valence-electron chi connectivity index (χ1n) is 2.00. The summed E-state index contributed by atoms with van der Waals surface area (Å²) < 4.78 is 0. The zero-order valence-electron chi connectivity index (χ0n) is 3.73. The van der Waals surface area contributed by atoms with Gasteiger partial charge >= 0.3 is 57.3 Å². The summed E-state index contributed by atoms with van der Waals surface area (Å²) >= 11 is 4.04. The van der Waals surface area contributed by atoms with Crippen LogP contribution in [0.1, 0.15) is 5.56 Å². The molecule has 1 rings (SSSR count). The van der Waals surface area contributed by atoms with E-state index >= 15 is 0 Å². The summed E-state index contributed by atoms with van der Waals surface area (Å²) in [4.78, 5) is 4.51. The van der Waals surface area contributed by atoms with Gasteiger partial charge in [-0.3, -0.25) is 0 Å². The van der Waals surface area contributed by atoms with Gasteiger partial charge in [-0.05, 0) is 0 Å². The van der Waals surface area contributed by atoms with Gasteiger partial charge in [-0.2, -0.15) is 0 Å². The first-order valence-corrected chi connectivity index (χ1v) is 5.10. The van der Waals surface area contributed by atoms with E-state index in [-0.39, 0.29) is 0 Å². The second-order valence-corrected chi connectivity index (χ2v) is 3.46. The molecule has 1 heterocycles. The molecule has 0 N–H and O–H groups in total. The van der Waals surface area contributed by atoms with Gasteiger partial charge in [-0.1, -0.05) is 0 Å². The molecule has 0 amide bonds. The van der Waals surface area contributed by atoms with Gasteiger partial charge in [-0.15, -0.1) is 0 Å². The van der Waals surface area contributed by atoms with E-state index in [0.717, 1.165) is 5.33 Å². The van der Waals surface area contributed by atoms with Crippen LogP contribution in [0.15, 0.2) is 15.9 Å². The Balaban J connectivity index is 2.76. The zero-order valence-corrected chi connectivity index (χ0v) is 7.02. The molecule has 7 heavy (non-hydrogen) atoms. The number of alkyl halides is 1. The van der Waals surface area contributed by atoms with E-state index in [2.05, 4.69) is 31.9 Å². The molecule has 1 aromatic heterocycles. The molecule has 0 nitrogen and oxygen atoms in total. The molecular formula is C5H5BrSe. The summed E-state index contributed by atoms with van der Waals surface area (Å²) in [5, 5.41) is 1.02. The van der Waals surface area contributed by atoms with Crippen molar-refractivity contribution >= 4 is 30.4 Å². The summed E-state index contributed by atoms with van der Waals surface area (Å²) in [6, 6.07) is 2.18. The van der Waals surface area contributed by atoms with Crippen molar-refractivity contribution < 1.29 is 0 Å². The molecule has 38 valence electrons. The summed E-state index contributed by atoms with van der Waals surface area (Å²) in [5.74, 6) is 0. The predicted molar refractivity (Wildman–Crippen MR) is 36.0 cm³/mol. The fourth-order valence-corrected chi connectivity index (χ4v) is 2.60. The monoisotopic (exact) mass is 224 g/mol. The van der Waals surface area contributed by atoms with Crippen LogP contribution in [-0.4, -0.2) is 14.5 Å². The van der Waals surface area contributed by atoms with Gasteiger partial charge in [0.2, 0.25) is 0 Å². The van der Waals surface area contributed by atoms with E-state index in [1.807, 2.05) is 0 Å². The molecule has 0 spiro atoms. The maximum absolute atomic E-state index is 3.37. The number of hydrogen-bond acceptors (Lipinski definition) is 0. The molecule has 0 saturated carbocycles. The van der Waals surface area contributed by atoms with Crippen molar-refractivity contribution in [3.8, 4) is 0 Å². The molecule has 0 aliphatic heterocycles. The van der Waals surface area contributed by atoms with Crippen LogP contribution in [0.4, 0.5) is 0 Å². The molecule has 0 aliphatic carbocycles. The first-order chi connectivity index (χ1) is 3.43. The van der Waals surface area contributed by atoms with Crippen molar-refractivity contribution in [1.82, 2.24) is 0 Å². The van der Waals surface area contributed by atoms with Crippen LogP contribution in [0.5, 0.6) is 0 Å². The summed E-state index contributed by atoms with van der Waals surface area (Å²) in [5.41, 5.74) is 1.43. The van der Waals surface area contributed by atoms with Gasteiger partial charge in [0.1, 0.15) is 0 Å². The van der Waals surface area contributed by atoms with E-state index in [4.69, 9.17) is 0 Å². The molecule has 0 radical (unpaired) electrons. The van der Waals surface area contributed by atoms with Crippen molar-refractivity contribution in [3.63, 3.8) is 0 Å². The molecule has 1 aromatic rings. The fraction of sp³-hybridized carbons (Fsp3) is 0.200. The Hall–Kier alpha value is 0.479. The Bertz CT molecular complexity index is 123. The third-order valence-corrected chi connectivity index (χ3v) is 2.92. The molecule has 0 aromatic carbocycles. The second-order valence-electron chi connectivity index (χ2n) is 1.27. The Kier molecular flexibility index (Phi) is 2.17. The predicted octanol–water partition coefficient (Wildman–Crippen LogP) is 1.64. The van der Waals surface area contributed by atoms with Crippen molar-refractivity contribution in [2.75, 3.05) is 0 Å². The average Bonchev–Trinajstić information content (AvgIpc) is 2.14. The molecular weight excluding hydrogens is 219 g/mol. The molecule has 0 saturated heterocycles. The molecule has 2 heteroatoms. The van der Waals surface area contributed by atoms with Crippen LogP contribution in [0.25, 0.3) is 0 Å². The quantitative estimate of drug-likeness (QED) is 0.502. The molecule has 0 atom stereocenters. The van der Waals surface area contributed by atoms with Crippen LogP contribution < -0.4 is 0 Å². The van der Waals surface area contributed by atoms with Crippen LogP contribution in [0, 0.1) is 0 Å². The number of rotatable bonds is 1. The number of halogens is 1. The first kappa shape index (κ1) is 5.61. The van der Waals surface area contributed by atoms with Gasteiger partial charge in [0, 0.05) is 0 Å². The van der Waals surface area contributed by atoms with Crippen molar-refractivity contribution in [1.29, 1.82) is 0 Å². The zero-order chi connectivity index (χ0) is 5.11. The van der Waals surface area contributed by atoms with Crippen LogP contribution in [-0.2, 0) is 5.33 Å². The van der Waals surface area contributed by atoms with Crippen molar-refractivity contribution in [2.45, 2.75) is 5.33 Å². The molecule has 0 fully saturated rings. The number of hydrogen-bond donors (Lipinski definition) is 0. The molecule has 0 unspecified atom stereocenters. The summed E-state index contributed by atoms with van der Waals surface area (Å²) in [6.07, 6.45) is 0. The van der Waals surface area contributed by atoms with Crippen LogP contribution >= 0.6 is 15.9 Å². The van der Waals surface area contributed by atoms with Crippen LogP contribution in [0.3, 0.4) is 0 Å². The van der Waals surface area contributed by atoms with Gasteiger partial charge in [0.05, 0.1) is 0 Å². The average molecular weight is 224 g/mol. The molecule has 0 aliphatic rings. The summed E-state index contributed by atoms with van der Waals surface area (Å²) in [7, 11) is 0. The van der Waals surface area contributed by atoms with E-state index in [1.54, 1.807) is 0 Å². The second kappa shape index (κ2) is 2.71. The van der Waals surface area contributed by atoms with Gasteiger partial charge in [0.25, 0.3) is 0 Å². The SMILES string of the molecule is BrCc1cc[se]c1. The van der Waals surface area contributed by atoms with E-state index in [0.29, 0.717) is 14.5 Å².